The first-order chi connectivity index (χ1) is 8.29. The quantitative estimate of drug-likeness (QED) is 0.344. The molecule has 0 aromatic carbocycles. The van der Waals surface area contributed by atoms with E-state index in [1.165, 1.54) is 0 Å². The van der Waals surface area contributed by atoms with E-state index in [1.807, 2.05) is 0 Å². The Bertz CT molecular complexity index is 271. The third-order valence-electron chi connectivity index (χ3n) is 3.58. The molecular weight excluding hydrogens is 216 g/mol. The van der Waals surface area contributed by atoms with Crippen LogP contribution in [-0.4, -0.2) is 62.2 Å². The Morgan fingerprint density at radius 2 is 1.82 bits per heavy atom. The summed E-state index contributed by atoms with van der Waals surface area (Å²) in [5, 5.41) is 3.37. The van der Waals surface area contributed by atoms with E-state index in [9.17, 15) is 0 Å². The van der Waals surface area contributed by atoms with Gasteiger partial charge in [-0.05, 0) is 0 Å². The molecule has 6 heteroatoms. The van der Waals surface area contributed by atoms with E-state index in [4.69, 9.17) is 11.6 Å². The number of hydrogen-bond acceptors (Lipinski definition) is 6. The van der Waals surface area contributed by atoms with Crippen molar-refractivity contribution < 1.29 is 0 Å². The Labute approximate surface area is 103 Å². The van der Waals surface area contributed by atoms with Crippen LogP contribution in [0, 0.1) is 0 Å². The van der Waals surface area contributed by atoms with E-state index >= 15 is 0 Å². The van der Waals surface area contributed by atoms with Crippen LogP contribution in [0.2, 0.25) is 0 Å². The summed E-state index contributed by atoms with van der Waals surface area (Å²) in [5.74, 6) is 5.41. The molecule has 0 bridgehead atoms. The highest BCUT2D eigenvalue weighted by Gasteiger charge is 2.17. The van der Waals surface area contributed by atoms with Crippen molar-refractivity contribution in [3.05, 3.63) is 11.4 Å². The lowest BCUT2D eigenvalue weighted by Gasteiger charge is -2.32. The molecule has 0 spiro atoms. The fraction of sp³-hybridized carbons (Fsp3) is 0.818. The Hall–Kier alpha value is -0.820. The molecule has 0 saturated carbocycles. The average molecular weight is 240 g/mol. The van der Waals surface area contributed by atoms with Gasteiger partial charge in [0.2, 0.25) is 0 Å². The maximum Gasteiger partial charge on any atom is 0.0472 e. The van der Waals surface area contributed by atoms with Crippen molar-refractivity contribution in [2.75, 3.05) is 52.4 Å². The van der Waals surface area contributed by atoms with Gasteiger partial charge in [-0.25, -0.2) is 0 Å². The fourth-order valence-electron chi connectivity index (χ4n) is 2.42. The monoisotopic (exact) mass is 240 g/mol. The molecule has 6 nitrogen and oxygen atoms in total. The molecule has 0 radical (unpaired) electrons. The number of rotatable bonds is 4. The summed E-state index contributed by atoms with van der Waals surface area (Å²) in [6.45, 7) is 8.67. The summed E-state index contributed by atoms with van der Waals surface area (Å²) < 4.78 is 0. The van der Waals surface area contributed by atoms with Gasteiger partial charge in [0.05, 0.1) is 0 Å². The number of hydrazine groups is 1. The molecule has 17 heavy (non-hydrogen) atoms. The second-order valence-corrected chi connectivity index (χ2v) is 4.77. The van der Waals surface area contributed by atoms with Crippen LogP contribution in [0.3, 0.4) is 0 Å². The topological polar surface area (TPSA) is 82.6 Å². The summed E-state index contributed by atoms with van der Waals surface area (Å²) >= 11 is 0. The van der Waals surface area contributed by atoms with Crippen LogP contribution in [0.1, 0.15) is 6.42 Å². The van der Waals surface area contributed by atoms with Crippen LogP contribution in [0.4, 0.5) is 0 Å². The van der Waals surface area contributed by atoms with Gasteiger partial charge in [0, 0.05) is 70.2 Å². The summed E-state index contributed by atoms with van der Waals surface area (Å²) in [7, 11) is 0. The lowest BCUT2D eigenvalue weighted by atomic mass is 10.1. The van der Waals surface area contributed by atoms with Crippen molar-refractivity contribution >= 4 is 0 Å². The Kier molecular flexibility index (Phi) is 4.61. The average Bonchev–Trinajstić information content (AvgIpc) is 2.38. The summed E-state index contributed by atoms with van der Waals surface area (Å²) in [5.41, 5.74) is 10.5. The van der Waals surface area contributed by atoms with Gasteiger partial charge < -0.3 is 16.5 Å². The van der Waals surface area contributed by atoms with E-state index < -0.39 is 0 Å². The zero-order valence-corrected chi connectivity index (χ0v) is 10.4. The zero-order valence-electron chi connectivity index (χ0n) is 10.4. The van der Waals surface area contributed by atoms with E-state index in [0.717, 1.165) is 70.2 Å². The molecule has 0 amide bonds. The van der Waals surface area contributed by atoms with Crippen LogP contribution >= 0.6 is 0 Å². The SMILES string of the molecule is NNC1=C(N)CN(CCN2CCNCC2)CC1. The normalized spacial score (nSPS) is 24.1. The first-order valence-electron chi connectivity index (χ1n) is 6.39. The van der Waals surface area contributed by atoms with Crippen molar-refractivity contribution in [3.8, 4) is 0 Å². The third-order valence-corrected chi connectivity index (χ3v) is 3.58. The maximum absolute atomic E-state index is 5.96. The molecule has 2 aliphatic rings. The van der Waals surface area contributed by atoms with Crippen molar-refractivity contribution in [1.82, 2.24) is 20.5 Å². The maximum atomic E-state index is 5.96. The van der Waals surface area contributed by atoms with Crippen molar-refractivity contribution in [1.29, 1.82) is 0 Å². The van der Waals surface area contributed by atoms with Gasteiger partial charge >= 0.3 is 0 Å². The standard InChI is InChI=1S/C11H24N6/c12-10-9-17(4-1-11(10)15-13)8-7-16-5-2-14-3-6-16/h14-15H,1-9,12-13H2. The summed E-state index contributed by atoms with van der Waals surface area (Å²) in [6.07, 6.45) is 0.934. The van der Waals surface area contributed by atoms with Gasteiger partial charge in [-0.15, -0.1) is 0 Å². The molecule has 1 saturated heterocycles. The van der Waals surface area contributed by atoms with Gasteiger partial charge in [0.1, 0.15) is 0 Å². The molecule has 0 unspecified atom stereocenters. The highest BCUT2D eigenvalue weighted by molar-refractivity contribution is 5.13. The highest BCUT2D eigenvalue weighted by Crippen LogP contribution is 2.11. The Balaban J connectivity index is 1.72. The molecule has 2 aliphatic heterocycles. The zero-order chi connectivity index (χ0) is 12.1. The number of nitrogens with one attached hydrogen (secondary N) is 2. The minimum absolute atomic E-state index is 0.839. The van der Waals surface area contributed by atoms with Crippen molar-refractivity contribution in [2.45, 2.75) is 6.42 Å². The second kappa shape index (κ2) is 6.20. The van der Waals surface area contributed by atoms with E-state index in [1.54, 1.807) is 0 Å². The van der Waals surface area contributed by atoms with Gasteiger partial charge in [-0.1, -0.05) is 0 Å². The van der Waals surface area contributed by atoms with Crippen molar-refractivity contribution in [3.63, 3.8) is 0 Å². The van der Waals surface area contributed by atoms with Crippen LogP contribution in [0.15, 0.2) is 11.4 Å². The first-order valence-corrected chi connectivity index (χ1v) is 6.39. The lowest BCUT2D eigenvalue weighted by molar-refractivity contribution is 0.190. The first kappa shape index (κ1) is 12.6. The predicted octanol–water partition coefficient (Wildman–Crippen LogP) is -1.77. The number of hydrogen-bond donors (Lipinski definition) is 4. The van der Waals surface area contributed by atoms with Gasteiger partial charge in [0.25, 0.3) is 0 Å². The number of piperazine rings is 1. The lowest BCUT2D eigenvalue weighted by Crippen LogP contribution is -2.47. The number of nitrogens with zero attached hydrogens (tertiary/aromatic N) is 2. The number of nitrogens with two attached hydrogens (primary N) is 2. The highest BCUT2D eigenvalue weighted by atomic mass is 15.3. The van der Waals surface area contributed by atoms with E-state index in [0.29, 0.717) is 0 Å². The third kappa shape index (κ3) is 3.57. The second-order valence-electron chi connectivity index (χ2n) is 4.77. The van der Waals surface area contributed by atoms with Gasteiger partial charge in [-0.2, -0.15) is 0 Å². The van der Waals surface area contributed by atoms with Crippen LogP contribution in [-0.2, 0) is 0 Å². The van der Waals surface area contributed by atoms with Crippen molar-refractivity contribution in [2.24, 2.45) is 11.6 Å². The predicted molar refractivity (Wildman–Crippen MR) is 68.9 cm³/mol. The van der Waals surface area contributed by atoms with Crippen LogP contribution < -0.4 is 22.3 Å². The van der Waals surface area contributed by atoms with Crippen LogP contribution in [0.25, 0.3) is 0 Å². The van der Waals surface area contributed by atoms with Crippen LogP contribution in [0.5, 0.6) is 0 Å². The Morgan fingerprint density at radius 1 is 1.12 bits per heavy atom. The molecule has 0 aromatic heterocycles. The van der Waals surface area contributed by atoms with Gasteiger partial charge in [-0.3, -0.25) is 15.6 Å². The van der Waals surface area contributed by atoms with Gasteiger partial charge in [0.15, 0.2) is 0 Å². The Morgan fingerprint density at radius 3 is 2.47 bits per heavy atom. The minimum Gasteiger partial charge on any atom is -0.400 e. The molecule has 1 fully saturated rings. The molecule has 2 heterocycles. The minimum atomic E-state index is 0.839. The van der Waals surface area contributed by atoms with E-state index in [2.05, 4.69) is 20.5 Å². The largest absolute Gasteiger partial charge is 0.400 e. The molecule has 0 aromatic rings. The van der Waals surface area contributed by atoms with E-state index in [-0.39, 0.29) is 0 Å². The summed E-state index contributed by atoms with van der Waals surface area (Å²) in [4.78, 5) is 4.91. The fourth-order valence-corrected chi connectivity index (χ4v) is 2.42. The molecule has 2 rings (SSSR count). The smallest absolute Gasteiger partial charge is 0.0472 e. The molecule has 0 atom stereocenters. The molecule has 6 N–H and O–H groups in total. The summed E-state index contributed by atoms with van der Waals surface area (Å²) in [6, 6.07) is 0. The molecular formula is C11H24N6. The molecule has 0 aliphatic carbocycles. The molecule has 98 valence electrons.